The van der Waals surface area contributed by atoms with Crippen LogP contribution in [0.1, 0.15) is 109 Å². The molecule has 5 aliphatic rings. The molecule has 8 aromatic carbocycles. The molecule has 0 saturated heterocycles. The van der Waals surface area contributed by atoms with Crippen molar-refractivity contribution in [2.45, 2.75) is 81.1 Å². The Labute approximate surface area is 396 Å². The first-order valence-corrected chi connectivity index (χ1v) is 25.1. The lowest BCUT2D eigenvalue weighted by atomic mass is 9.66. The van der Waals surface area contributed by atoms with E-state index in [1.807, 2.05) is 18.2 Å². The van der Waals surface area contributed by atoms with Crippen LogP contribution in [0.25, 0.3) is 83.0 Å². The Bertz CT molecular complexity index is 3790. The van der Waals surface area contributed by atoms with Crippen LogP contribution in [-0.2, 0) is 10.8 Å². The summed E-state index contributed by atoms with van der Waals surface area (Å²) in [5.74, 6) is 0.824. The van der Waals surface area contributed by atoms with Gasteiger partial charge in [0.05, 0.1) is 0 Å². The van der Waals surface area contributed by atoms with Crippen molar-refractivity contribution >= 4 is 55.4 Å². The van der Waals surface area contributed by atoms with Crippen molar-refractivity contribution in [1.82, 2.24) is 5.32 Å². The van der Waals surface area contributed by atoms with E-state index in [9.17, 15) is 0 Å². The van der Waals surface area contributed by atoms with Gasteiger partial charge in [-0.3, -0.25) is 4.99 Å². The molecule has 0 radical (unpaired) electrons. The minimum absolute atomic E-state index is 0.0842. The predicted octanol–water partition coefficient (Wildman–Crippen LogP) is 16.7. The highest BCUT2D eigenvalue weighted by atomic mass is 16.3. The molecular weight excluding hydrogens is 829 g/mol. The van der Waals surface area contributed by atoms with E-state index in [0.717, 1.165) is 72.1 Å². The lowest BCUT2D eigenvalue weighted by Gasteiger charge is -2.37. The zero-order valence-electron chi connectivity index (χ0n) is 38.1. The van der Waals surface area contributed by atoms with Crippen LogP contribution >= 0.6 is 0 Å². The molecule has 1 N–H and O–H groups in total. The first kappa shape index (κ1) is 38.7. The normalized spacial score (nSPS) is 18.7. The predicted molar refractivity (Wildman–Crippen MR) is 278 cm³/mol. The van der Waals surface area contributed by atoms with Gasteiger partial charge in [-0.2, -0.15) is 0 Å². The minimum Gasteiger partial charge on any atom is -0.456 e. The summed E-state index contributed by atoms with van der Waals surface area (Å²) in [4.78, 5) is 5.38. The lowest BCUT2D eigenvalue weighted by Crippen LogP contribution is -2.29. The smallest absolute Gasteiger partial charge is 0.141 e. The standard InChI is InChI=1S/C64H50N2O2/c1-4-15-39(16-5-1)62-65-56(42-23-26-45-44-18-7-9-22-58(44)67-60(45)35-42)38-57(66-62)47-20-14-19-46-51-34-41(25-28-59(51)68-61(46)47)40-24-27-53-48(33-40)50-37-54-49(36-55(50)64(53)31-12-3-13-32-64)43-17-6-8-21-52(43)63(54)29-10-2-11-30-63/h1,4-9,14-28,33-38,57H,2-3,10-13,29-32H2,(H,65,66). The number of amidine groups is 1. The second kappa shape index (κ2) is 14.5. The summed E-state index contributed by atoms with van der Waals surface area (Å²) in [5, 5.41) is 8.16. The fourth-order valence-corrected chi connectivity index (χ4v) is 13.7. The van der Waals surface area contributed by atoms with Gasteiger partial charge in [-0.05, 0) is 136 Å². The van der Waals surface area contributed by atoms with E-state index in [1.165, 1.54) is 97.6 Å². The third kappa shape index (κ3) is 5.52. The number of para-hydroxylation sites is 2. The van der Waals surface area contributed by atoms with Crippen LogP contribution in [0.3, 0.4) is 0 Å². The Morgan fingerprint density at radius 3 is 1.87 bits per heavy atom. The van der Waals surface area contributed by atoms with Gasteiger partial charge in [-0.1, -0.05) is 154 Å². The molecule has 4 nitrogen and oxygen atoms in total. The van der Waals surface area contributed by atoms with E-state index in [-0.39, 0.29) is 16.9 Å². The van der Waals surface area contributed by atoms with Gasteiger partial charge >= 0.3 is 0 Å². The molecule has 2 saturated carbocycles. The number of nitrogens with one attached hydrogen (secondary N) is 1. The summed E-state index contributed by atoms with van der Waals surface area (Å²) in [6, 6.07) is 60.5. The molecule has 0 bridgehead atoms. The second-order valence-corrected chi connectivity index (χ2v) is 20.4. The maximum Gasteiger partial charge on any atom is 0.141 e. The topological polar surface area (TPSA) is 50.7 Å². The number of hydrogen-bond donors (Lipinski definition) is 1. The van der Waals surface area contributed by atoms with Crippen molar-refractivity contribution in [3.63, 3.8) is 0 Å². The molecule has 2 fully saturated rings. The summed E-state index contributed by atoms with van der Waals surface area (Å²) < 4.78 is 13.2. The number of aliphatic imine (C=N–C) groups is 1. The van der Waals surface area contributed by atoms with E-state index >= 15 is 0 Å². The molecular formula is C64H50N2O2. The third-order valence-electron chi connectivity index (χ3n) is 16.9. The van der Waals surface area contributed by atoms with Gasteiger partial charge in [0.15, 0.2) is 0 Å². The second-order valence-electron chi connectivity index (χ2n) is 20.4. The highest BCUT2D eigenvalue weighted by Crippen LogP contribution is 2.62. The zero-order valence-corrected chi connectivity index (χ0v) is 38.1. The summed E-state index contributed by atoms with van der Waals surface area (Å²) in [6.45, 7) is 0. The third-order valence-corrected chi connectivity index (χ3v) is 16.9. The van der Waals surface area contributed by atoms with Crippen LogP contribution in [0.15, 0.2) is 184 Å². The van der Waals surface area contributed by atoms with E-state index < -0.39 is 0 Å². The van der Waals surface area contributed by atoms with Crippen molar-refractivity contribution in [2.24, 2.45) is 4.99 Å². The molecule has 2 aromatic heterocycles. The van der Waals surface area contributed by atoms with Crippen LogP contribution in [0, 0.1) is 0 Å². The van der Waals surface area contributed by atoms with Crippen LogP contribution in [0.2, 0.25) is 0 Å². The quantitative estimate of drug-likeness (QED) is 0.192. The number of benzene rings is 8. The summed E-state index contributed by atoms with van der Waals surface area (Å²) in [6.07, 6.45) is 15.1. The maximum atomic E-state index is 6.89. The van der Waals surface area contributed by atoms with Gasteiger partial charge in [-0.15, -0.1) is 0 Å². The van der Waals surface area contributed by atoms with E-state index in [4.69, 9.17) is 13.8 Å². The number of furan rings is 2. The van der Waals surface area contributed by atoms with Crippen LogP contribution in [-0.4, -0.2) is 5.84 Å². The molecule has 4 heteroatoms. The molecule has 2 spiro atoms. The summed E-state index contributed by atoms with van der Waals surface area (Å²) >= 11 is 0. The molecule has 15 rings (SSSR count). The van der Waals surface area contributed by atoms with Gasteiger partial charge in [0.1, 0.15) is 34.2 Å². The maximum absolute atomic E-state index is 6.89. The average molecular weight is 879 g/mol. The summed E-state index contributed by atoms with van der Waals surface area (Å²) in [5.41, 5.74) is 22.5. The Kier molecular flexibility index (Phi) is 8.26. The zero-order chi connectivity index (χ0) is 44.6. The molecule has 1 atom stereocenters. The van der Waals surface area contributed by atoms with Crippen molar-refractivity contribution in [2.75, 3.05) is 0 Å². The largest absolute Gasteiger partial charge is 0.456 e. The Hall–Kier alpha value is -7.43. The van der Waals surface area contributed by atoms with Crippen LogP contribution < -0.4 is 5.32 Å². The van der Waals surface area contributed by atoms with E-state index in [2.05, 4.69) is 157 Å². The molecule has 328 valence electrons. The molecule has 68 heavy (non-hydrogen) atoms. The summed E-state index contributed by atoms with van der Waals surface area (Å²) in [7, 11) is 0. The van der Waals surface area contributed by atoms with Crippen molar-refractivity contribution in [3.8, 4) is 33.4 Å². The Balaban J connectivity index is 0.845. The van der Waals surface area contributed by atoms with Crippen LogP contribution in [0.4, 0.5) is 0 Å². The van der Waals surface area contributed by atoms with E-state index in [0.29, 0.717) is 0 Å². The van der Waals surface area contributed by atoms with E-state index in [1.54, 1.807) is 22.3 Å². The van der Waals surface area contributed by atoms with Gasteiger partial charge in [0.25, 0.3) is 0 Å². The van der Waals surface area contributed by atoms with Gasteiger partial charge < -0.3 is 14.2 Å². The molecule has 10 aromatic rings. The number of hydrogen-bond acceptors (Lipinski definition) is 4. The van der Waals surface area contributed by atoms with Crippen molar-refractivity contribution in [3.05, 3.63) is 209 Å². The highest BCUT2D eigenvalue weighted by Gasteiger charge is 2.49. The molecule has 1 unspecified atom stereocenters. The van der Waals surface area contributed by atoms with Crippen LogP contribution in [0.5, 0.6) is 0 Å². The SMILES string of the molecule is C1=C(c2ccc3c(c2)oc2ccccc23)NC(c2ccccc2)=NC1c1cccc2c1oc1ccc(-c3ccc4c(c3)-c3cc5c(cc3C43CCCCC3)-c3ccccc3C53CCCCC3)cc12. The first-order valence-electron chi connectivity index (χ1n) is 25.1. The molecule has 1 aliphatic heterocycles. The average Bonchev–Trinajstić information content (AvgIpc) is 4.12. The fraction of sp³-hybridized carbons (Fsp3) is 0.203. The van der Waals surface area contributed by atoms with Gasteiger partial charge in [0, 0.05) is 54.8 Å². The Morgan fingerprint density at radius 1 is 0.412 bits per heavy atom. The Morgan fingerprint density at radius 2 is 1.04 bits per heavy atom. The highest BCUT2D eigenvalue weighted by molar-refractivity contribution is 6.10. The monoisotopic (exact) mass is 878 g/mol. The molecule has 3 heterocycles. The number of nitrogens with zero attached hydrogens (tertiary/aromatic N) is 1. The van der Waals surface area contributed by atoms with Gasteiger partial charge in [-0.25, -0.2) is 0 Å². The minimum atomic E-state index is -0.289. The fourth-order valence-electron chi connectivity index (χ4n) is 13.7. The first-order chi connectivity index (χ1) is 33.6. The number of fused-ring (bicyclic) bond motifs is 16. The van der Waals surface area contributed by atoms with Crippen molar-refractivity contribution in [1.29, 1.82) is 0 Å². The number of rotatable bonds is 4. The molecule has 0 amide bonds. The molecule has 4 aliphatic carbocycles. The lowest BCUT2D eigenvalue weighted by molar-refractivity contribution is 0.350. The van der Waals surface area contributed by atoms with Gasteiger partial charge in [0.2, 0.25) is 0 Å². The van der Waals surface area contributed by atoms with Crippen molar-refractivity contribution < 1.29 is 8.83 Å².